The summed E-state index contributed by atoms with van der Waals surface area (Å²) in [6, 6.07) is 43.4. The van der Waals surface area contributed by atoms with Gasteiger partial charge in [-0.1, -0.05) is 164 Å². The minimum atomic E-state index is -0.0882. The van der Waals surface area contributed by atoms with Crippen molar-refractivity contribution >= 4 is 57.2 Å². The molecule has 316 valence electrons. The second-order valence-corrected chi connectivity index (χ2v) is 24.2. The maximum atomic E-state index is 2.70. The van der Waals surface area contributed by atoms with E-state index in [9.17, 15) is 0 Å². The molecule has 6 aromatic carbocycles. The Labute approximate surface area is 373 Å². The Bertz CT molecular complexity index is 2840. The number of benzene rings is 6. The van der Waals surface area contributed by atoms with E-state index < -0.39 is 0 Å². The SMILES string of the molecule is Cc1cc(C(C)(C)C)ccc1N1c2ccc(-c3ccccc3)cc2B2c3cc4c(cc3N(c3ccc5c(c3)C(C)(C)CC5(C)C)c3cc(C(C)(C)C)cc1c32)C(C)(C)CC4(C)C. The largest absolute Gasteiger partial charge is 0.311 e. The maximum Gasteiger partial charge on any atom is 0.252 e. The molecule has 0 unspecified atom stereocenters. The highest BCUT2D eigenvalue weighted by Crippen LogP contribution is 2.55. The Balaban J connectivity index is 1.35. The first-order valence-corrected chi connectivity index (χ1v) is 23.3. The van der Waals surface area contributed by atoms with Crippen molar-refractivity contribution in [1.29, 1.82) is 0 Å². The number of rotatable bonds is 3. The number of nitrogens with zero attached hydrogens (tertiary/aromatic N) is 2. The van der Waals surface area contributed by atoms with Crippen LogP contribution in [0.4, 0.5) is 34.1 Å². The molecule has 6 aromatic rings. The van der Waals surface area contributed by atoms with E-state index in [0.29, 0.717) is 0 Å². The molecule has 10 rings (SSSR count). The summed E-state index contributed by atoms with van der Waals surface area (Å²) >= 11 is 0. The Morgan fingerprint density at radius 3 is 1.60 bits per heavy atom. The van der Waals surface area contributed by atoms with Gasteiger partial charge in [-0.25, -0.2) is 0 Å². The summed E-state index contributed by atoms with van der Waals surface area (Å²) in [7, 11) is 0. The van der Waals surface area contributed by atoms with E-state index >= 15 is 0 Å². The zero-order valence-electron chi connectivity index (χ0n) is 40.3. The average Bonchev–Trinajstić information content (AvgIpc) is 3.49. The topological polar surface area (TPSA) is 6.48 Å². The van der Waals surface area contributed by atoms with Gasteiger partial charge in [-0.05, 0) is 161 Å². The Kier molecular flexibility index (Phi) is 8.62. The second-order valence-electron chi connectivity index (χ2n) is 24.2. The van der Waals surface area contributed by atoms with Crippen LogP contribution >= 0.6 is 0 Å². The van der Waals surface area contributed by atoms with Gasteiger partial charge in [0.25, 0.3) is 6.71 Å². The van der Waals surface area contributed by atoms with Crippen molar-refractivity contribution in [3.63, 3.8) is 0 Å². The van der Waals surface area contributed by atoms with Gasteiger partial charge in [-0.3, -0.25) is 0 Å². The lowest BCUT2D eigenvalue weighted by Gasteiger charge is -2.46. The molecule has 2 nitrogen and oxygen atoms in total. The monoisotopic (exact) mass is 815 g/mol. The molecule has 0 fully saturated rings. The van der Waals surface area contributed by atoms with Crippen LogP contribution in [0.1, 0.15) is 149 Å². The van der Waals surface area contributed by atoms with Gasteiger partial charge in [-0.2, -0.15) is 0 Å². The first kappa shape index (κ1) is 41.0. The number of anilines is 6. The van der Waals surface area contributed by atoms with Crippen molar-refractivity contribution < 1.29 is 0 Å². The van der Waals surface area contributed by atoms with E-state index in [-0.39, 0.29) is 39.2 Å². The van der Waals surface area contributed by atoms with Crippen LogP contribution in [-0.4, -0.2) is 6.71 Å². The quantitative estimate of drug-likeness (QED) is 0.164. The third-order valence-corrected chi connectivity index (χ3v) is 15.4. The highest BCUT2D eigenvalue weighted by molar-refractivity contribution is 7.00. The third-order valence-electron chi connectivity index (χ3n) is 15.4. The van der Waals surface area contributed by atoms with Crippen LogP contribution in [0, 0.1) is 6.92 Å². The smallest absolute Gasteiger partial charge is 0.252 e. The molecule has 0 N–H and O–H groups in total. The van der Waals surface area contributed by atoms with E-state index in [2.05, 4.69) is 223 Å². The van der Waals surface area contributed by atoms with Crippen LogP contribution in [0.5, 0.6) is 0 Å². The highest BCUT2D eigenvalue weighted by Gasteiger charge is 2.49. The maximum absolute atomic E-state index is 2.70. The molecule has 0 amide bonds. The molecule has 2 heterocycles. The molecule has 0 atom stereocenters. The van der Waals surface area contributed by atoms with E-state index in [1.54, 1.807) is 0 Å². The van der Waals surface area contributed by atoms with E-state index in [1.807, 2.05) is 0 Å². The summed E-state index contributed by atoms with van der Waals surface area (Å²) < 4.78 is 0. The lowest BCUT2D eigenvalue weighted by Crippen LogP contribution is -2.61. The minimum Gasteiger partial charge on any atom is -0.311 e. The van der Waals surface area contributed by atoms with Crippen molar-refractivity contribution in [2.45, 2.75) is 149 Å². The summed E-state index contributed by atoms with van der Waals surface area (Å²) in [5.41, 5.74) is 24.7. The van der Waals surface area contributed by atoms with Gasteiger partial charge in [-0.15, -0.1) is 0 Å². The van der Waals surface area contributed by atoms with Crippen LogP contribution in [0.25, 0.3) is 11.1 Å². The lowest BCUT2D eigenvalue weighted by atomic mass is 9.33. The van der Waals surface area contributed by atoms with E-state index in [0.717, 1.165) is 12.8 Å². The van der Waals surface area contributed by atoms with Crippen molar-refractivity contribution in [2.24, 2.45) is 0 Å². The first-order chi connectivity index (χ1) is 28.9. The molecular weight excluding hydrogens is 747 g/mol. The summed E-state index contributed by atoms with van der Waals surface area (Å²) in [5, 5.41) is 0. The summed E-state index contributed by atoms with van der Waals surface area (Å²) in [6.45, 7) is 36.1. The Morgan fingerprint density at radius 2 is 0.984 bits per heavy atom. The fraction of sp³-hybridized carbons (Fsp3) is 0.390. The molecule has 0 spiro atoms. The van der Waals surface area contributed by atoms with E-state index in [1.165, 1.54) is 101 Å². The molecule has 0 radical (unpaired) electrons. The fourth-order valence-electron chi connectivity index (χ4n) is 12.7. The van der Waals surface area contributed by atoms with Gasteiger partial charge < -0.3 is 9.80 Å². The Hall–Kier alpha value is -5.02. The molecule has 2 aliphatic carbocycles. The lowest BCUT2D eigenvalue weighted by molar-refractivity contribution is 0.403. The normalized spacial score (nSPS) is 18.5. The van der Waals surface area contributed by atoms with Gasteiger partial charge in [0.1, 0.15) is 0 Å². The van der Waals surface area contributed by atoms with Gasteiger partial charge in [0, 0.05) is 34.1 Å². The van der Waals surface area contributed by atoms with Crippen molar-refractivity contribution in [3.8, 4) is 11.1 Å². The van der Waals surface area contributed by atoms with Crippen LogP contribution < -0.4 is 26.2 Å². The van der Waals surface area contributed by atoms with Gasteiger partial charge >= 0.3 is 0 Å². The molecular formula is C59H67BN2. The van der Waals surface area contributed by atoms with Crippen molar-refractivity contribution in [2.75, 3.05) is 9.80 Å². The van der Waals surface area contributed by atoms with Crippen molar-refractivity contribution in [3.05, 3.63) is 148 Å². The molecule has 4 aliphatic rings. The number of hydrogen-bond acceptors (Lipinski definition) is 2. The van der Waals surface area contributed by atoms with Crippen LogP contribution in [0.2, 0.25) is 0 Å². The van der Waals surface area contributed by atoms with Crippen LogP contribution in [-0.2, 0) is 32.5 Å². The predicted octanol–water partition coefficient (Wildman–Crippen LogP) is 14.3. The van der Waals surface area contributed by atoms with Gasteiger partial charge in [0.2, 0.25) is 0 Å². The number of hydrogen-bond donors (Lipinski definition) is 0. The second kappa shape index (κ2) is 13.0. The Morgan fingerprint density at radius 1 is 0.435 bits per heavy atom. The number of fused-ring (bicyclic) bond motifs is 6. The molecule has 0 saturated carbocycles. The molecule has 62 heavy (non-hydrogen) atoms. The van der Waals surface area contributed by atoms with E-state index in [4.69, 9.17) is 0 Å². The molecule has 0 aromatic heterocycles. The standard InChI is InChI=1S/C59H67BN2/c1-36-27-39(54(2,3)4)22-26-48(36)62-49-25-21-38(37-19-17-16-18-20-37)28-46(49)60-47-32-44-45(59(14,15)35-58(44,12)13)33-50(47)61(51-29-40(55(5,6)7)30-52(62)53(51)60)41-23-24-42-43(31-41)57(10,11)34-56(42,8)9/h16-33H,34-35H2,1-15H3. The van der Waals surface area contributed by atoms with Gasteiger partial charge in [0.05, 0.1) is 0 Å². The zero-order chi connectivity index (χ0) is 44.3. The molecule has 0 saturated heterocycles. The fourth-order valence-corrected chi connectivity index (χ4v) is 12.7. The van der Waals surface area contributed by atoms with Gasteiger partial charge in [0.15, 0.2) is 0 Å². The summed E-state index contributed by atoms with van der Waals surface area (Å²) in [6.07, 6.45) is 2.27. The zero-order valence-corrected chi connectivity index (χ0v) is 40.3. The predicted molar refractivity (Wildman–Crippen MR) is 269 cm³/mol. The summed E-state index contributed by atoms with van der Waals surface area (Å²) in [4.78, 5) is 5.33. The molecule has 2 aliphatic heterocycles. The third kappa shape index (κ3) is 6.11. The number of aryl methyl sites for hydroxylation is 1. The molecule has 0 bridgehead atoms. The molecule has 3 heteroatoms. The first-order valence-electron chi connectivity index (χ1n) is 23.3. The van der Waals surface area contributed by atoms with Crippen LogP contribution in [0.3, 0.4) is 0 Å². The summed E-state index contributed by atoms with van der Waals surface area (Å²) in [5.74, 6) is 0. The highest BCUT2D eigenvalue weighted by atomic mass is 15.2. The average molecular weight is 815 g/mol. The van der Waals surface area contributed by atoms with Crippen LogP contribution in [0.15, 0.2) is 109 Å². The minimum absolute atomic E-state index is 0.0407. The van der Waals surface area contributed by atoms with Crippen molar-refractivity contribution in [1.82, 2.24) is 0 Å².